The smallest absolute Gasteiger partial charge is 0.396 e. The molecule has 0 aromatic carbocycles. The first kappa shape index (κ1) is 12.0. The maximum Gasteiger partial charge on any atom is 0.396 e. The Bertz CT molecular complexity index is 194. The SMILES string of the molecule is CCOP(=O)(OCC)/C(O)=C/Cl. The summed E-state index contributed by atoms with van der Waals surface area (Å²) in [7, 11) is -3.53. The number of aliphatic hydroxyl groups is 1. The second kappa shape index (κ2) is 5.60. The van der Waals surface area contributed by atoms with Gasteiger partial charge in [-0.05, 0) is 13.8 Å². The van der Waals surface area contributed by atoms with Crippen molar-refractivity contribution in [3.8, 4) is 0 Å². The minimum atomic E-state index is -3.53. The number of halogens is 1. The lowest BCUT2D eigenvalue weighted by atomic mass is 10.9. The summed E-state index contributed by atoms with van der Waals surface area (Å²) in [6.07, 6.45) is 0. The van der Waals surface area contributed by atoms with Gasteiger partial charge in [0.2, 0.25) is 5.50 Å². The van der Waals surface area contributed by atoms with Crippen LogP contribution in [-0.4, -0.2) is 18.3 Å². The van der Waals surface area contributed by atoms with E-state index in [9.17, 15) is 4.57 Å². The van der Waals surface area contributed by atoms with Gasteiger partial charge in [0, 0.05) is 0 Å². The van der Waals surface area contributed by atoms with Crippen LogP contribution >= 0.6 is 19.2 Å². The zero-order valence-electron chi connectivity index (χ0n) is 6.99. The third-order valence-electron chi connectivity index (χ3n) is 0.976. The van der Waals surface area contributed by atoms with Crippen molar-refractivity contribution >= 4 is 19.2 Å². The fourth-order valence-corrected chi connectivity index (χ4v) is 2.07. The first-order valence-corrected chi connectivity index (χ1v) is 5.47. The fraction of sp³-hybridized carbons (Fsp3) is 0.667. The van der Waals surface area contributed by atoms with Gasteiger partial charge in [-0.3, -0.25) is 4.57 Å². The highest BCUT2D eigenvalue weighted by Crippen LogP contribution is 2.54. The molecule has 0 heterocycles. The van der Waals surface area contributed by atoms with Gasteiger partial charge in [0.25, 0.3) is 0 Å². The molecule has 0 atom stereocenters. The molecule has 0 rings (SSSR count). The van der Waals surface area contributed by atoms with E-state index in [-0.39, 0.29) is 13.2 Å². The average molecular weight is 215 g/mol. The Morgan fingerprint density at radius 1 is 1.50 bits per heavy atom. The first-order valence-electron chi connectivity index (χ1n) is 3.49. The van der Waals surface area contributed by atoms with Crippen molar-refractivity contribution in [1.29, 1.82) is 0 Å². The van der Waals surface area contributed by atoms with Crippen LogP contribution in [0, 0.1) is 0 Å². The van der Waals surface area contributed by atoms with Crippen molar-refractivity contribution < 1.29 is 18.7 Å². The van der Waals surface area contributed by atoms with Crippen LogP contribution in [0.25, 0.3) is 0 Å². The highest BCUT2D eigenvalue weighted by molar-refractivity contribution is 7.58. The van der Waals surface area contributed by atoms with E-state index in [1.165, 1.54) is 0 Å². The molecule has 0 amide bonds. The summed E-state index contributed by atoms with van der Waals surface area (Å²) < 4.78 is 21.0. The van der Waals surface area contributed by atoms with E-state index in [0.717, 1.165) is 5.54 Å². The molecule has 0 fully saturated rings. The van der Waals surface area contributed by atoms with Gasteiger partial charge in [-0.1, -0.05) is 11.6 Å². The van der Waals surface area contributed by atoms with Gasteiger partial charge in [0.1, 0.15) is 0 Å². The fourth-order valence-electron chi connectivity index (χ4n) is 0.569. The lowest BCUT2D eigenvalue weighted by Crippen LogP contribution is -1.97. The second-order valence-corrected chi connectivity index (χ2v) is 3.99. The van der Waals surface area contributed by atoms with E-state index in [1.807, 2.05) is 0 Å². The zero-order chi connectivity index (χ0) is 9.61. The maximum absolute atomic E-state index is 11.5. The van der Waals surface area contributed by atoms with Crippen LogP contribution in [0.1, 0.15) is 13.8 Å². The standard InChI is InChI=1S/C6H12ClO4P/c1-3-10-12(9,11-4-2)6(8)5-7/h5,8H,3-4H2,1-2H3/b6-5+. The molecule has 0 bridgehead atoms. The average Bonchev–Trinajstić information content (AvgIpc) is 2.04. The Morgan fingerprint density at radius 3 is 2.17 bits per heavy atom. The second-order valence-electron chi connectivity index (χ2n) is 1.80. The molecule has 12 heavy (non-hydrogen) atoms. The molecule has 0 saturated heterocycles. The monoisotopic (exact) mass is 214 g/mol. The van der Waals surface area contributed by atoms with Crippen molar-refractivity contribution in [2.24, 2.45) is 0 Å². The first-order chi connectivity index (χ1) is 5.60. The molecule has 72 valence electrons. The Hall–Kier alpha value is -0.0200. The van der Waals surface area contributed by atoms with Gasteiger partial charge >= 0.3 is 7.60 Å². The van der Waals surface area contributed by atoms with Gasteiger partial charge in [-0.15, -0.1) is 0 Å². The molecular formula is C6H12ClO4P. The van der Waals surface area contributed by atoms with E-state index in [1.54, 1.807) is 13.8 Å². The molecule has 0 aliphatic heterocycles. The number of hydrogen-bond donors (Lipinski definition) is 1. The Labute approximate surface area is 76.7 Å². The van der Waals surface area contributed by atoms with Crippen LogP contribution in [0.15, 0.2) is 11.0 Å². The maximum atomic E-state index is 11.5. The molecule has 0 unspecified atom stereocenters. The minimum Gasteiger partial charge on any atom is -0.501 e. The highest BCUT2D eigenvalue weighted by Gasteiger charge is 2.29. The van der Waals surface area contributed by atoms with E-state index >= 15 is 0 Å². The number of rotatable bonds is 5. The lowest BCUT2D eigenvalue weighted by molar-refractivity contribution is 0.211. The summed E-state index contributed by atoms with van der Waals surface area (Å²) in [5, 5.41) is 9.06. The molecule has 0 aliphatic carbocycles. The third-order valence-corrected chi connectivity index (χ3v) is 3.22. The molecule has 6 heteroatoms. The van der Waals surface area contributed by atoms with Gasteiger partial charge in [-0.2, -0.15) is 0 Å². The summed E-state index contributed by atoms with van der Waals surface area (Å²) in [5.74, 6) is 0. The molecule has 4 nitrogen and oxygen atoms in total. The highest BCUT2D eigenvalue weighted by atomic mass is 35.5. The van der Waals surface area contributed by atoms with Crippen molar-refractivity contribution in [1.82, 2.24) is 0 Å². The van der Waals surface area contributed by atoms with E-state index in [4.69, 9.17) is 25.8 Å². The largest absolute Gasteiger partial charge is 0.501 e. The summed E-state index contributed by atoms with van der Waals surface area (Å²) >= 11 is 5.16. The van der Waals surface area contributed by atoms with Crippen LogP contribution in [0.3, 0.4) is 0 Å². The molecular weight excluding hydrogens is 202 g/mol. The van der Waals surface area contributed by atoms with Crippen LogP contribution in [-0.2, 0) is 13.6 Å². The minimum absolute atomic E-state index is 0.187. The van der Waals surface area contributed by atoms with E-state index in [2.05, 4.69) is 0 Å². The van der Waals surface area contributed by atoms with Gasteiger partial charge in [0.05, 0.1) is 18.7 Å². The van der Waals surface area contributed by atoms with Crippen molar-refractivity contribution in [2.75, 3.05) is 13.2 Å². The number of hydrogen-bond acceptors (Lipinski definition) is 4. The van der Waals surface area contributed by atoms with Gasteiger partial charge < -0.3 is 14.2 Å². The predicted molar refractivity (Wildman–Crippen MR) is 47.4 cm³/mol. The van der Waals surface area contributed by atoms with Gasteiger partial charge in [0.15, 0.2) is 0 Å². The molecule has 1 N–H and O–H groups in total. The summed E-state index contributed by atoms with van der Waals surface area (Å²) in [6, 6.07) is 0. The van der Waals surface area contributed by atoms with Gasteiger partial charge in [-0.25, -0.2) is 0 Å². The van der Waals surface area contributed by atoms with Crippen LogP contribution in [0.5, 0.6) is 0 Å². The summed E-state index contributed by atoms with van der Waals surface area (Å²) in [6.45, 7) is 3.67. The normalized spacial score (nSPS) is 13.4. The number of aliphatic hydroxyl groups excluding tert-OH is 1. The van der Waals surface area contributed by atoms with Crippen LogP contribution in [0.4, 0.5) is 0 Å². The molecule has 0 aliphatic rings. The molecule has 0 spiro atoms. The van der Waals surface area contributed by atoms with Crippen molar-refractivity contribution in [3.05, 3.63) is 11.0 Å². The molecule has 0 saturated carbocycles. The van der Waals surface area contributed by atoms with Crippen molar-refractivity contribution in [3.63, 3.8) is 0 Å². The van der Waals surface area contributed by atoms with E-state index in [0.29, 0.717) is 0 Å². The Morgan fingerprint density at radius 2 is 1.92 bits per heavy atom. The topological polar surface area (TPSA) is 55.8 Å². The molecule has 0 aromatic rings. The Balaban J connectivity index is 4.50. The third kappa shape index (κ3) is 3.15. The zero-order valence-corrected chi connectivity index (χ0v) is 8.64. The lowest BCUT2D eigenvalue weighted by Gasteiger charge is -2.14. The quantitative estimate of drug-likeness (QED) is 0.565. The van der Waals surface area contributed by atoms with Crippen molar-refractivity contribution in [2.45, 2.75) is 13.8 Å². The molecule has 0 aromatic heterocycles. The van der Waals surface area contributed by atoms with E-state index < -0.39 is 13.1 Å². The Kier molecular flexibility index (Phi) is 5.59. The summed E-state index contributed by atoms with van der Waals surface area (Å²) in [4.78, 5) is 0. The summed E-state index contributed by atoms with van der Waals surface area (Å²) in [5.41, 5.74) is 0.222. The molecule has 0 radical (unpaired) electrons. The predicted octanol–water partition coefficient (Wildman–Crippen LogP) is 2.85. The van der Waals surface area contributed by atoms with Crippen LogP contribution < -0.4 is 0 Å². The van der Waals surface area contributed by atoms with Crippen LogP contribution in [0.2, 0.25) is 0 Å².